The summed E-state index contributed by atoms with van der Waals surface area (Å²) in [5, 5.41) is 25.7. The van der Waals surface area contributed by atoms with E-state index in [1.54, 1.807) is 18.2 Å². The number of aliphatic hydroxyl groups is 1. The van der Waals surface area contributed by atoms with Gasteiger partial charge < -0.3 is 20.8 Å². The van der Waals surface area contributed by atoms with E-state index in [-0.39, 0.29) is 18.2 Å². The second-order valence-electron chi connectivity index (χ2n) is 6.37. The predicted molar refractivity (Wildman–Crippen MR) is 91.5 cm³/mol. The van der Waals surface area contributed by atoms with Crippen molar-refractivity contribution in [3.8, 4) is 5.75 Å². The summed E-state index contributed by atoms with van der Waals surface area (Å²) in [7, 11) is 0. The Bertz CT molecular complexity index is 699. The summed E-state index contributed by atoms with van der Waals surface area (Å²) < 4.78 is 0. The number of phenolic OH excluding ortho intramolecular Hbond substituents is 1. The largest absolute Gasteiger partial charge is 0.508 e. The number of hydrogen-bond acceptors (Lipinski definition) is 4. The number of hydrogen-bond donors (Lipinski definition) is 4. The lowest BCUT2D eigenvalue weighted by atomic mass is 9.75. The Morgan fingerprint density at radius 2 is 1.92 bits per heavy atom. The third-order valence-electron chi connectivity index (χ3n) is 4.50. The Kier molecular flexibility index (Phi) is 4.83. The van der Waals surface area contributed by atoms with Gasteiger partial charge in [0.15, 0.2) is 0 Å². The van der Waals surface area contributed by atoms with Gasteiger partial charge in [0.1, 0.15) is 5.75 Å². The van der Waals surface area contributed by atoms with E-state index < -0.39 is 11.5 Å². The maximum absolute atomic E-state index is 12.6. The van der Waals surface area contributed by atoms with E-state index in [0.29, 0.717) is 25.1 Å². The van der Waals surface area contributed by atoms with E-state index in [9.17, 15) is 15.0 Å². The fraction of sp³-hybridized carbons (Fsp3) is 0.316. The van der Waals surface area contributed by atoms with Crippen molar-refractivity contribution in [2.75, 3.05) is 19.6 Å². The Morgan fingerprint density at radius 3 is 2.54 bits per heavy atom. The van der Waals surface area contributed by atoms with Gasteiger partial charge >= 0.3 is 0 Å². The van der Waals surface area contributed by atoms with Gasteiger partial charge in [-0.05, 0) is 29.7 Å². The summed E-state index contributed by atoms with van der Waals surface area (Å²) in [6.07, 6.45) is -0.169. The van der Waals surface area contributed by atoms with Gasteiger partial charge in [-0.1, -0.05) is 42.5 Å². The molecule has 1 saturated heterocycles. The zero-order chi connectivity index (χ0) is 17.0. The van der Waals surface area contributed by atoms with Crippen LogP contribution in [0.25, 0.3) is 0 Å². The Morgan fingerprint density at radius 1 is 1.17 bits per heavy atom. The third-order valence-corrected chi connectivity index (χ3v) is 4.50. The van der Waals surface area contributed by atoms with Crippen molar-refractivity contribution in [3.05, 3.63) is 65.7 Å². The molecule has 3 rings (SSSR count). The number of carbonyl (C=O) groups is 1. The minimum Gasteiger partial charge on any atom is -0.508 e. The first-order valence-corrected chi connectivity index (χ1v) is 8.09. The summed E-state index contributed by atoms with van der Waals surface area (Å²) in [6.45, 7) is 1.39. The van der Waals surface area contributed by atoms with Crippen LogP contribution in [0, 0.1) is 5.41 Å². The number of phenols is 1. The molecule has 2 aromatic carbocycles. The van der Waals surface area contributed by atoms with Crippen molar-refractivity contribution in [2.45, 2.75) is 12.5 Å². The second kappa shape index (κ2) is 7.03. The molecule has 24 heavy (non-hydrogen) atoms. The molecule has 5 nitrogen and oxygen atoms in total. The normalized spacial score (nSPS) is 16.9. The Balaban J connectivity index is 1.61. The summed E-state index contributed by atoms with van der Waals surface area (Å²) in [5.74, 6) is 0.0472. The minimum atomic E-state index is -0.845. The molecule has 2 aromatic rings. The van der Waals surface area contributed by atoms with Crippen LogP contribution in [0.5, 0.6) is 5.75 Å². The minimum absolute atomic E-state index is 0.0516. The van der Waals surface area contributed by atoms with Gasteiger partial charge in [-0.3, -0.25) is 4.79 Å². The molecule has 4 N–H and O–H groups in total. The molecule has 5 heteroatoms. The van der Waals surface area contributed by atoms with Gasteiger partial charge in [0.05, 0.1) is 11.5 Å². The van der Waals surface area contributed by atoms with Gasteiger partial charge in [0, 0.05) is 19.6 Å². The summed E-state index contributed by atoms with van der Waals surface area (Å²) in [6, 6.07) is 16.4. The molecule has 0 aliphatic carbocycles. The zero-order valence-electron chi connectivity index (χ0n) is 13.4. The lowest BCUT2D eigenvalue weighted by Crippen LogP contribution is -2.62. The van der Waals surface area contributed by atoms with Crippen LogP contribution in [0.1, 0.15) is 17.2 Å². The average Bonchev–Trinajstić information content (AvgIpc) is 2.56. The van der Waals surface area contributed by atoms with Crippen molar-refractivity contribution < 1.29 is 15.0 Å². The monoisotopic (exact) mass is 326 g/mol. The maximum atomic E-state index is 12.6. The molecule has 1 aliphatic heterocycles. The highest BCUT2D eigenvalue weighted by atomic mass is 16.3. The SMILES string of the molecule is O=C(NCC(O)c1cccc(O)c1)C1(Cc2ccccc2)CNC1. The fourth-order valence-corrected chi connectivity index (χ4v) is 3.01. The van der Waals surface area contributed by atoms with E-state index in [2.05, 4.69) is 10.6 Å². The molecular formula is C19H22N2O3. The van der Waals surface area contributed by atoms with Crippen molar-refractivity contribution in [1.29, 1.82) is 0 Å². The number of aliphatic hydroxyl groups excluding tert-OH is 1. The van der Waals surface area contributed by atoms with Crippen molar-refractivity contribution in [3.63, 3.8) is 0 Å². The molecule has 1 atom stereocenters. The topological polar surface area (TPSA) is 81.6 Å². The Labute approximate surface area is 141 Å². The lowest BCUT2D eigenvalue weighted by molar-refractivity contribution is -0.134. The second-order valence-corrected chi connectivity index (χ2v) is 6.37. The molecule has 1 aliphatic rings. The van der Waals surface area contributed by atoms with Crippen LogP contribution < -0.4 is 10.6 Å². The first kappa shape index (κ1) is 16.5. The number of nitrogens with one attached hydrogen (secondary N) is 2. The van der Waals surface area contributed by atoms with Gasteiger partial charge in [-0.25, -0.2) is 0 Å². The van der Waals surface area contributed by atoms with Gasteiger partial charge in [0.2, 0.25) is 5.91 Å². The van der Waals surface area contributed by atoms with Crippen molar-refractivity contribution >= 4 is 5.91 Å². The Hall–Kier alpha value is -2.37. The molecule has 0 saturated carbocycles. The van der Waals surface area contributed by atoms with Gasteiger partial charge in [0.25, 0.3) is 0 Å². The maximum Gasteiger partial charge on any atom is 0.229 e. The molecule has 0 bridgehead atoms. The number of carbonyl (C=O) groups excluding carboxylic acids is 1. The molecule has 1 heterocycles. The smallest absolute Gasteiger partial charge is 0.229 e. The number of amides is 1. The molecule has 1 unspecified atom stereocenters. The fourth-order valence-electron chi connectivity index (χ4n) is 3.01. The highest BCUT2D eigenvalue weighted by Gasteiger charge is 2.44. The van der Waals surface area contributed by atoms with Crippen LogP contribution in [-0.4, -0.2) is 35.8 Å². The van der Waals surface area contributed by atoms with Crippen molar-refractivity contribution in [2.24, 2.45) is 5.41 Å². The molecule has 1 amide bonds. The van der Waals surface area contributed by atoms with E-state index >= 15 is 0 Å². The van der Waals surface area contributed by atoms with E-state index in [1.807, 2.05) is 30.3 Å². The van der Waals surface area contributed by atoms with E-state index in [4.69, 9.17) is 0 Å². The number of rotatable bonds is 6. The van der Waals surface area contributed by atoms with Crippen LogP contribution in [0.15, 0.2) is 54.6 Å². The first-order valence-electron chi connectivity index (χ1n) is 8.09. The average molecular weight is 326 g/mol. The van der Waals surface area contributed by atoms with Crippen LogP contribution in [-0.2, 0) is 11.2 Å². The highest BCUT2D eigenvalue weighted by Crippen LogP contribution is 2.28. The molecule has 0 radical (unpaired) electrons. The standard InChI is InChI=1S/C19H22N2O3/c22-16-8-4-7-15(9-16)17(23)11-21-18(24)19(12-20-13-19)10-14-5-2-1-3-6-14/h1-9,17,20,22-23H,10-13H2,(H,21,24). The predicted octanol–water partition coefficient (Wildman–Crippen LogP) is 1.37. The summed E-state index contributed by atoms with van der Waals surface area (Å²) >= 11 is 0. The summed E-state index contributed by atoms with van der Waals surface area (Å²) in [5.41, 5.74) is 1.25. The zero-order valence-corrected chi connectivity index (χ0v) is 13.4. The van der Waals surface area contributed by atoms with E-state index in [0.717, 1.165) is 5.56 Å². The van der Waals surface area contributed by atoms with Crippen LogP contribution in [0.4, 0.5) is 0 Å². The van der Waals surface area contributed by atoms with Crippen LogP contribution >= 0.6 is 0 Å². The quantitative estimate of drug-likeness (QED) is 0.646. The number of aromatic hydroxyl groups is 1. The highest BCUT2D eigenvalue weighted by molar-refractivity contribution is 5.84. The molecule has 1 fully saturated rings. The van der Waals surface area contributed by atoms with Crippen LogP contribution in [0.2, 0.25) is 0 Å². The third kappa shape index (κ3) is 3.58. The van der Waals surface area contributed by atoms with Crippen LogP contribution in [0.3, 0.4) is 0 Å². The summed E-state index contributed by atoms with van der Waals surface area (Å²) in [4.78, 5) is 12.6. The van der Waals surface area contributed by atoms with Crippen molar-refractivity contribution in [1.82, 2.24) is 10.6 Å². The molecule has 126 valence electrons. The first-order chi connectivity index (χ1) is 11.6. The molecule has 0 spiro atoms. The van der Waals surface area contributed by atoms with Gasteiger partial charge in [-0.2, -0.15) is 0 Å². The number of benzene rings is 2. The molecular weight excluding hydrogens is 304 g/mol. The van der Waals surface area contributed by atoms with Gasteiger partial charge in [-0.15, -0.1) is 0 Å². The van der Waals surface area contributed by atoms with E-state index in [1.165, 1.54) is 6.07 Å². The lowest BCUT2D eigenvalue weighted by Gasteiger charge is -2.41. The molecule has 0 aromatic heterocycles.